The van der Waals surface area contributed by atoms with E-state index in [-0.39, 0.29) is 11.9 Å². The van der Waals surface area contributed by atoms with Crippen LogP contribution < -0.4 is 0 Å². The number of aromatic amines is 1. The van der Waals surface area contributed by atoms with E-state index in [2.05, 4.69) is 27.2 Å². The SMILES string of the molecule is CCc1nn(C)c(C(=O)N2CCCC[C@@H]2c2[nH]ncc2-c2ccncc2C)c1C. The fourth-order valence-electron chi connectivity index (χ4n) is 4.47. The number of H-pyrrole nitrogens is 1. The molecule has 0 radical (unpaired) electrons. The summed E-state index contributed by atoms with van der Waals surface area (Å²) in [5.74, 6) is 0.0499. The van der Waals surface area contributed by atoms with E-state index in [1.807, 2.05) is 44.3 Å². The van der Waals surface area contributed by atoms with Gasteiger partial charge in [-0.3, -0.25) is 19.6 Å². The van der Waals surface area contributed by atoms with Gasteiger partial charge >= 0.3 is 0 Å². The molecule has 1 amide bonds. The van der Waals surface area contributed by atoms with Crippen LogP contribution in [0.3, 0.4) is 0 Å². The van der Waals surface area contributed by atoms with Crippen LogP contribution in [0.4, 0.5) is 0 Å². The molecule has 0 saturated carbocycles. The average molecular weight is 393 g/mol. The van der Waals surface area contributed by atoms with Crippen LogP contribution in [-0.2, 0) is 13.5 Å². The molecule has 1 atom stereocenters. The number of hydrogen-bond acceptors (Lipinski definition) is 4. The Morgan fingerprint density at radius 3 is 2.79 bits per heavy atom. The molecule has 4 rings (SSSR count). The van der Waals surface area contributed by atoms with E-state index in [1.54, 1.807) is 10.9 Å². The highest BCUT2D eigenvalue weighted by Crippen LogP contribution is 2.37. The van der Waals surface area contributed by atoms with Crippen molar-refractivity contribution < 1.29 is 4.79 Å². The van der Waals surface area contributed by atoms with Crippen molar-refractivity contribution in [2.45, 2.75) is 52.5 Å². The smallest absolute Gasteiger partial charge is 0.272 e. The molecule has 0 spiro atoms. The van der Waals surface area contributed by atoms with Crippen molar-refractivity contribution in [1.82, 2.24) is 29.9 Å². The first-order valence-corrected chi connectivity index (χ1v) is 10.3. The van der Waals surface area contributed by atoms with Crippen LogP contribution in [0.5, 0.6) is 0 Å². The molecule has 0 aromatic carbocycles. The standard InChI is InChI=1S/C22H28N6O/c1-5-18-15(3)21(27(4)26-18)22(29)28-11-7-6-8-19(28)20-17(13-24-25-20)16-9-10-23-12-14(16)2/h9-10,12-13,19H,5-8,11H2,1-4H3,(H,24,25)/t19-/m1/s1. The molecule has 1 aliphatic heterocycles. The summed E-state index contributed by atoms with van der Waals surface area (Å²) in [6.45, 7) is 6.86. The lowest BCUT2D eigenvalue weighted by Crippen LogP contribution is -2.40. The van der Waals surface area contributed by atoms with Crippen molar-refractivity contribution in [3.63, 3.8) is 0 Å². The number of piperidine rings is 1. The number of carbonyl (C=O) groups is 1. The first-order chi connectivity index (χ1) is 14.0. The highest BCUT2D eigenvalue weighted by Gasteiger charge is 2.34. The molecule has 0 unspecified atom stereocenters. The maximum Gasteiger partial charge on any atom is 0.272 e. The third-order valence-corrected chi connectivity index (χ3v) is 6.00. The highest BCUT2D eigenvalue weighted by molar-refractivity contribution is 5.94. The third kappa shape index (κ3) is 3.34. The Balaban J connectivity index is 1.74. The number of likely N-dealkylation sites (tertiary alicyclic amines) is 1. The van der Waals surface area contributed by atoms with E-state index < -0.39 is 0 Å². The fourth-order valence-corrected chi connectivity index (χ4v) is 4.47. The van der Waals surface area contributed by atoms with Crippen LogP contribution in [-0.4, -0.2) is 42.3 Å². The Morgan fingerprint density at radius 2 is 2.07 bits per heavy atom. The lowest BCUT2D eigenvalue weighted by molar-refractivity contribution is 0.0594. The van der Waals surface area contributed by atoms with Gasteiger partial charge in [0.2, 0.25) is 0 Å². The molecule has 7 heteroatoms. The van der Waals surface area contributed by atoms with E-state index >= 15 is 0 Å². The molecular weight excluding hydrogens is 364 g/mol. The minimum atomic E-state index is -0.0271. The molecule has 0 aliphatic carbocycles. The van der Waals surface area contributed by atoms with E-state index in [0.717, 1.165) is 65.9 Å². The topological polar surface area (TPSA) is 79.7 Å². The Hall–Kier alpha value is -2.96. The molecule has 1 saturated heterocycles. The number of aryl methyl sites for hydroxylation is 3. The van der Waals surface area contributed by atoms with Crippen LogP contribution in [0.15, 0.2) is 24.7 Å². The number of rotatable bonds is 4. The van der Waals surface area contributed by atoms with Gasteiger partial charge in [0.25, 0.3) is 5.91 Å². The summed E-state index contributed by atoms with van der Waals surface area (Å²) < 4.78 is 1.74. The fraction of sp³-hybridized carbons (Fsp3) is 0.455. The van der Waals surface area contributed by atoms with Gasteiger partial charge in [-0.1, -0.05) is 6.92 Å². The number of hydrogen-bond donors (Lipinski definition) is 1. The van der Waals surface area contributed by atoms with E-state index in [9.17, 15) is 4.79 Å². The summed E-state index contributed by atoms with van der Waals surface area (Å²) >= 11 is 0. The zero-order chi connectivity index (χ0) is 20.5. The van der Waals surface area contributed by atoms with Crippen LogP contribution in [0, 0.1) is 13.8 Å². The summed E-state index contributed by atoms with van der Waals surface area (Å²) in [5, 5.41) is 12.1. The normalized spacial score (nSPS) is 17.0. The van der Waals surface area contributed by atoms with Crippen LogP contribution in [0.1, 0.15) is 65.2 Å². The Labute approximate surface area is 171 Å². The van der Waals surface area contributed by atoms with Gasteiger partial charge in [-0.25, -0.2) is 0 Å². The van der Waals surface area contributed by atoms with Gasteiger partial charge in [0.1, 0.15) is 5.69 Å². The molecule has 1 aliphatic rings. The molecule has 1 N–H and O–H groups in total. The number of nitrogens with one attached hydrogen (secondary N) is 1. The average Bonchev–Trinajstić information content (AvgIpc) is 3.32. The van der Waals surface area contributed by atoms with Crippen molar-refractivity contribution >= 4 is 5.91 Å². The number of aromatic nitrogens is 5. The lowest BCUT2D eigenvalue weighted by atomic mass is 9.93. The van der Waals surface area contributed by atoms with Gasteiger partial charge in [0.15, 0.2) is 0 Å². The van der Waals surface area contributed by atoms with Gasteiger partial charge in [0.05, 0.1) is 23.6 Å². The minimum absolute atomic E-state index is 0.0271. The van der Waals surface area contributed by atoms with Gasteiger partial charge in [-0.2, -0.15) is 10.2 Å². The maximum atomic E-state index is 13.6. The number of nitrogens with zero attached hydrogens (tertiary/aromatic N) is 5. The van der Waals surface area contributed by atoms with E-state index in [1.165, 1.54) is 0 Å². The summed E-state index contributed by atoms with van der Waals surface area (Å²) in [7, 11) is 1.86. The lowest BCUT2D eigenvalue weighted by Gasteiger charge is -2.36. The van der Waals surface area contributed by atoms with Gasteiger partial charge in [-0.05, 0) is 56.7 Å². The Kier molecular flexibility index (Phi) is 5.22. The van der Waals surface area contributed by atoms with Gasteiger partial charge in [0, 0.05) is 37.1 Å². The second-order valence-corrected chi connectivity index (χ2v) is 7.80. The summed E-state index contributed by atoms with van der Waals surface area (Å²) in [6.07, 6.45) is 9.37. The quantitative estimate of drug-likeness (QED) is 0.733. The first kappa shape index (κ1) is 19.4. The molecule has 0 bridgehead atoms. The largest absolute Gasteiger partial charge is 0.329 e. The highest BCUT2D eigenvalue weighted by atomic mass is 16.2. The van der Waals surface area contributed by atoms with Crippen molar-refractivity contribution in [3.8, 4) is 11.1 Å². The van der Waals surface area contributed by atoms with Crippen LogP contribution in [0.2, 0.25) is 0 Å². The minimum Gasteiger partial charge on any atom is -0.329 e. The Morgan fingerprint density at radius 1 is 1.24 bits per heavy atom. The molecular formula is C22H28N6O. The van der Waals surface area contributed by atoms with Crippen molar-refractivity contribution in [3.05, 3.63) is 52.9 Å². The van der Waals surface area contributed by atoms with Crippen molar-refractivity contribution in [2.24, 2.45) is 7.05 Å². The maximum absolute atomic E-state index is 13.6. The number of carbonyl (C=O) groups excluding carboxylic acids is 1. The predicted molar refractivity (Wildman–Crippen MR) is 112 cm³/mol. The molecule has 152 valence electrons. The third-order valence-electron chi connectivity index (χ3n) is 6.00. The van der Waals surface area contributed by atoms with E-state index in [4.69, 9.17) is 0 Å². The zero-order valence-corrected chi connectivity index (χ0v) is 17.6. The molecule has 4 heterocycles. The summed E-state index contributed by atoms with van der Waals surface area (Å²) in [6, 6.07) is 1.98. The monoisotopic (exact) mass is 392 g/mol. The predicted octanol–water partition coefficient (Wildman–Crippen LogP) is 3.75. The summed E-state index contributed by atoms with van der Waals surface area (Å²) in [5.41, 5.74) is 6.91. The molecule has 3 aromatic rings. The molecule has 1 fully saturated rings. The number of amides is 1. The van der Waals surface area contributed by atoms with E-state index in [0.29, 0.717) is 5.69 Å². The number of pyridine rings is 1. The molecule has 7 nitrogen and oxygen atoms in total. The van der Waals surface area contributed by atoms with Crippen LogP contribution in [0.25, 0.3) is 11.1 Å². The second kappa shape index (κ2) is 7.81. The zero-order valence-electron chi connectivity index (χ0n) is 17.6. The first-order valence-electron chi connectivity index (χ1n) is 10.3. The van der Waals surface area contributed by atoms with Crippen molar-refractivity contribution in [2.75, 3.05) is 6.54 Å². The van der Waals surface area contributed by atoms with Crippen molar-refractivity contribution in [1.29, 1.82) is 0 Å². The summed E-state index contributed by atoms with van der Waals surface area (Å²) in [4.78, 5) is 19.8. The molecule has 3 aromatic heterocycles. The van der Waals surface area contributed by atoms with Gasteiger partial charge < -0.3 is 4.90 Å². The molecule has 29 heavy (non-hydrogen) atoms. The second-order valence-electron chi connectivity index (χ2n) is 7.80. The van der Waals surface area contributed by atoms with Crippen LogP contribution >= 0.6 is 0 Å². The Bertz CT molecular complexity index is 1030. The van der Waals surface area contributed by atoms with Gasteiger partial charge in [-0.15, -0.1) is 0 Å².